The van der Waals surface area contributed by atoms with Gasteiger partial charge in [-0.2, -0.15) is 0 Å². The SMILES string of the molecule is CCCC(=O)O[C@@H]1C[C@@H](OC(C)=O)[C@@]2(C)C(OC(C)=O)CC=C(C)C2[C@@H](OC(C)=O)C2(O)C(/C=C\1COC(C)=O)OC(=O)C2C. The first-order valence-electron chi connectivity index (χ1n) is 15.1. The molecule has 45 heavy (non-hydrogen) atoms. The fourth-order valence-electron chi connectivity index (χ4n) is 6.80. The van der Waals surface area contributed by atoms with Gasteiger partial charge in [0.05, 0.1) is 11.3 Å². The summed E-state index contributed by atoms with van der Waals surface area (Å²) >= 11 is 0. The molecule has 3 aliphatic rings. The molecular formula is C32H44O13. The molecule has 0 aromatic heterocycles. The van der Waals surface area contributed by atoms with E-state index in [1.165, 1.54) is 33.8 Å². The van der Waals surface area contributed by atoms with Crippen molar-refractivity contribution in [1.29, 1.82) is 0 Å². The lowest BCUT2D eigenvalue weighted by atomic mass is 9.56. The van der Waals surface area contributed by atoms with Crippen molar-refractivity contribution in [3.63, 3.8) is 0 Å². The Bertz CT molecular complexity index is 1270. The smallest absolute Gasteiger partial charge is 0.312 e. The number of fused-ring (bicyclic) bond motifs is 2. The Morgan fingerprint density at radius 3 is 2.11 bits per heavy atom. The van der Waals surface area contributed by atoms with Gasteiger partial charge >= 0.3 is 35.8 Å². The monoisotopic (exact) mass is 636 g/mol. The lowest BCUT2D eigenvalue weighted by Crippen LogP contribution is -2.65. The third-order valence-corrected chi connectivity index (χ3v) is 8.99. The molecule has 3 rings (SSSR count). The van der Waals surface area contributed by atoms with Crippen LogP contribution in [0.5, 0.6) is 0 Å². The summed E-state index contributed by atoms with van der Waals surface area (Å²) in [7, 11) is 0. The maximum atomic E-state index is 13.2. The molecule has 2 aliphatic carbocycles. The van der Waals surface area contributed by atoms with Crippen LogP contribution in [-0.2, 0) is 57.2 Å². The Kier molecular flexibility index (Phi) is 11.2. The van der Waals surface area contributed by atoms with E-state index in [9.17, 15) is 33.9 Å². The fourth-order valence-corrected chi connectivity index (χ4v) is 6.80. The summed E-state index contributed by atoms with van der Waals surface area (Å²) in [5.74, 6) is -6.44. The van der Waals surface area contributed by atoms with Gasteiger partial charge < -0.3 is 33.5 Å². The second-order valence-corrected chi connectivity index (χ2v) is 12.2. The number of carbonyl (C=O) groups excluding carboxylic acids is 6. The van der Waals surface area contributed by atoms with Crippen LogP contribution in [-0.4, -0.2) is 83.7 Å². The van der Waals surface area contributed by atoms with E-state index in [1.807, 2.05) is 0 Å². The Balaban J connectivity index is 2.46. The third-order valence-electron chi connectivity index (χ3n) is 8.99. The van der Waals surface area contributed by atoms with Gasteiger partial charge in [0.25, 0.3) is 0 Å². The molecule has 1 heterocycles. The van der Waals surface area contributed by atoms with Gasteiger partial charge in [-0.05, 0) is 26.3 Å². The van der Waals surface area contributed by atoms with E-state index in [0.29, 0.717) is 12.0 Å². The van der Waals surface area contributed by atoms with E-state index < -0.39 is 95.8 Å². The van der Waals surface area contributed by atoms with Crippen molar-refractivity contribution in [2.24, 2.45) is 17.3 Å². The lowest BCUT2D eigenvalue weighted by molar-refractivity contribution is -0.218. The molecule has 1 fully saturated rings. The molecule has 250 valence electrons. The largest absolute Gasteiger partial charge is 0.462 e. The van der Waals surface area contributed by atoms with Crippen molar-refractivity contribution in [1.82, 2.24) is 0 Å². The zero-order valence-corrected chi connectivity index (χ0v) is 27.1. The van der Waals surface area contributed by atoms with Gasteiger partial charge in [-0.25, -0.2) is 0 Å². The van der Waals surface area contributed by atoms with Crippen LogP contribution in [0.1, 0.15) is 81.1 Å². The summed E-state index contributed by atoms with van der Waals surface area (Å²) in [6.45, 7) is 10.9. The minimum Gasteiger partial charge on any atom is -0.462 e. The molecule has 1 saturated heterocycles. The number of rotatable bonds is 8. The topological polar surface area (TPSA) is 178 Å². The normalized spacial score (nSPS) is 35.6. The van der Waals surface area contributed by atoms with Crippen molar-refractivity contribution in [2.75, 3.05) is 6.61 Å². The maximum Gasteiger partial charge on any atom is 0.312 e. The van der Waals surface area contributed by atoms with Crippen LogP contribution in [0, 0.1) is 17.3 Å². The Morgan fingerprint density at radius 1 is 0.956 bits per heavy atom. The number of hydrogen-bond donors (Lipinski definition) is 1. The van der Waals surface area contributed by atoms with E-state index in [-0.39, 0.29) is 24.8 Å². The third kappa shape index (κ3) is 7.40. The van der Waals surface area contributed by atoms with Gasteiger partial charge in [-0.3, -0.25) is 28.8 Å². The number of carbonyl (C=O) groups is 6. The number of ether oxygens (including phenoxy) is 6. The molecule has 0 radical (unpaired) electrons. The van der Waals surface area contributed by atoms with Gasteiger partial charge in [-0.1, -0.05) is 25.5 Å². The average Bonchev–Trinajstić information content (AvgIpc) is 3.14. The minimum absolute atomic E-state index is 0.0430. The second-order valence-electron chi connectivity index (χ2n) is 12.2. The second kappa shape index (κ2) is 14.1. The molecule has 9 atom stereocenters. The predicted molar refractivity (Wildman–Crippen MR) is 155 cm³/mol. The van der Waals surface area contributed by atoms with Crippen molar-refractivity contribution >= 4 is 35.8 Å². The Morgan fingerprint density at radius 2 is 1.56 bits per heavy atom. The molecule has 0 bridgehead atoms. The van der Waals surface area contributed by atoms with Gasteiger partial charge in [-0.15, -0.1) is 0 Å². The predicted octanol–water partition coefficient (Wildman–Crippen LogP) is 2.65. The average molecular weight is 637 g/mol. The summed E-state index contributed by atoms with van der Waals surface area (Å²) in [5.41, 5.74) is -2.94. The summed E-state index contributed by atoms with van der Waals surface area (Å²) in [6.07, 6.45) is -2.77. The van der Waals surface area contributed by atoms with Crippen LogP contribution in [0.4, 0.5) is 0 Å². The standard InChI is InChI=1S/C32H44O13/c1-9-10-27(37)44-23-14-25(42-20(6)35)31(8)24(41-19(5)34)12-11-16(2)28(31)29(43-21(7)36)32(39)17(3)30(38)45-26(32)13-22(23)15-40-18(4)33/h11,13,17,23-26,28-29,39H,9-10,12,14-15H2,1-8H3/b22-13-/t17?,23-,24?,25-,26?,28?,29-,31-,32?/m1/s1. The van der Waals surface area contributed by atoms with Crippen LogP contribution in [0.2, 0.25) is 0 Å². The molecule has 1 N–H and O–H groups in total. The number of aliphatic hydroxyl groups is 1. The highest BCUT2D eigenvalue weighted by Crippen LogP contribution is 2.55. The number of esters is 6. The van der Waals surface area contributed by atoms with Gasteiger partial charge in [0, 0.05) is 58.4 Å². The van der Waals surface area contributed by atoms with E-state index in [4.69, 9.17) is 28.4 Å². The maximum absolute atomic E-state index is 13.2. The first-order chi connectivity index (χ1) is 21.0. The highest BCUT2D eigenvalue weighted by Gasteiger charge is 2.67. The quantitative estimate of drug-likeness (QED) is 0.234. The van der Waals surface area contributed by atoms with E-state index in [0.717, 1.165) is 6.92 Å². The highest BCUT2D eigenvalue weighted by molar-refractivity contribution is 5.78. The Labute approximate surface area is 262 Å². The zero-order valence-electron chi connectivity index (χ0n) is 27.1. The van der Waals surface area contributed by atoms with E-state index >= 15 is 0 Å². The Hall–Kier alpha value is -3.74. The summed E-state index contributed by atoms with van der Waals surface area (Å²) < 4.78 is 34.5. The molecule has 13 nitrogen and oxygen atoms in total. The molecule has 0 spiro atoms. The molecule has 13 heteroatoms. The molecule has 0 saturated carbocycles. The van der Waals surface area contributed by atoms with E-state index in [2.05, 4.69) is 0 Å². The molecule has 0 aromatic rings. The first-order valence-corrected chi connectivity index (χ1v) is 15.1. The lowest BCUT2D eigenvalue weighted by Gasteiger charge is -2.55. The summed E-state index contributed by atoms with van der Waals surface area (Å²) in [5, 5.41) is 12.6. The summed E-state index contributed by atoms with van der Waals surface area (Å²) in [4.78, 5) is 75.8. The van der Waals surface area contributed by atoms with E-state index in [1.54, 1.807) is 26.8 Å². The number of hydrogen-bond acceptors (Lipinski definition) is 13. The van der Waals surface area contributed by atoms with Gasteiger partial charge in [0.1, 0.15) is 31.0 Å². The molecule has 1 aliphatic heterocycles. The first kappa shape index (κ1) is 35.7. The molecule has 0 aromatic carbocycles. The van der Waals surface area contributed by atoms with Crippen molar-refractivity contribution in [3.05, 3.63) is 23.3 Å². The van der Waals surface area contributed by atoms with Crippen LogP contribution in [0.3, 0.4) is 0 Å². The van der Waals surface area contributed by atoms with Gasteiger partial charge in [0.15, 0.2) is 11.7 Å². The van der Waals surface area contributed by atoms with Crippen LogP contribution in [0.15, 0.2) is 23.3 Å². The van der Waals surface area contributed by atoms with Crippen LogP contribution < -0.4 is 0 Å². The zero-order chi connectivity index (χ0) is 33.9. The van der Waals surface area contributed by atoms with Crippen molar-refractivity contribution < 1.29 is 62.3 Å². The highest BCUT2D eigenvalue weighted by atomic mass is 16.6. The van der Waals surface area contributed by atoms with Gasteiger partial charge in [0.2, 0.25) is 0 Å². The van der Waals surface area contributed by atoms with Crippen LogP contribution >= 0.6 is 0 Å². The fraction of sp³-hybridized carbons (Fsp3) is 0.688. The van der Waals surface area contributed by atoms with Crippen molar-refractivity contribution in [3.8, 4) is 0 Å². The van der Waals surface area contributed by atoms with Crippen molar-refractivity contribution in [2.45, 2.75) is 117 Å². The van der Waals surface area contributed by atoms with Crippen LogP contribution in [0.25, 0.3) is 0 Å². The molecule has 5 unspecified atom stereocenters. The molecule has 0 amide bonds. The minimum atomic E-state index is -2.24. The molecular weight excluding hydrogens is 592 g/mol. The summed E-state index contributed by atoms with van der Waals surface area (Å²) in [6, 6.07) is 0.